The second-order valence-electron chi connectivity index (χ2n) is 7.85. The van der Waals surface area contributed by atoms with Gasteiger partial charge in [0.15, 0.2) is 5.13 Å². The van der Waals surface area contributed by atoms with Crippen LogP contribution in [0.1, 0.15) is 51.4 Å². The molecule has 1 amide bonds. The van der Waals surface area contributed by atoms with Crippen molar-refractivity contribution in [2.75, 3.05) is 25.0 Å². The van der Waals surface area contributed by atoms with Gasteiger partial charge in [-0.2, -0.15) is 0 Å². The largest absolute Gasteiger partial charge is 0.303 e. The second-order valence-corrected chi connectivity index (χ2v) is 8.86. The molecular formula is C21H29N3OS. The van der Waals surface area contributed by atoms with E-state index in [9.17, 15) is 4.79 Å². The topological polar surface area (TPSA) is 36.4 Å². The number of likely N-dealkylation sites (tertiary alicyclic amines) is 1. The number of carbonyl (C=O) groups is 1. The highest BCUT2D eigenvalue weighted by Crippen LogP contribution is 2.33. The van der Waals surface area contributed by atoms with E-state index in [1.54, 1.807) is 11.3 Å². The number of anilines is 1. The number of hydrogen-bond donors (Lipinski definition) is 0. The fraction of sp³-hybridized carbons (Fsp3) is 0.619. The molecule has 1 aromatic carbocycles. The molecule has 0 bridgehead atoms. The van der Waals surface area contributed by atoms with Crippen LogP contribution in [0.2, 0.25) is 0 Å². The molecule has 1 saturated heterocycles. The van der Waals surface area contributed by atoms with Gasteiger partial charge in [0.25, 0.3) is 0 Å². The lowest BCUT2D eigenvalue weighted by molar-refractivity contribution is -0.123. The highest BCUT2D eigenvalue weighted by atomic mass is 32.1. The van der Waals surface area contributed by atoms with Crippen LogP contribution in [0.3, 0.4) is 0 Å². The van der Waals surface area contributed by atoms with E-state index in [1.165, 1.54) is 43.3 Å². The Morgan fingerprint density at radius 3 is 2.73 bits per heavy atom. The standard InChI is InChI=1S/C21H29N3OS/c1-23-14-7-10-17(23)13-15-24(20(25)16-8-3-2-4-9-16)21-22-18-11-5-6-12-19(18)26-21/h5-6,11-12,16-17H,2-4,7-10,13-15H2,1H3. The summed E-state index contributed by atoms with van der Waals surface area (Å²) in [7, 11) is 2.21. The Morgan fingerprint density at radius 2 is 2.00 bits per heavy atom. The molecule has 1 atom stereocenters. The average Bonchev–Trinajstić information content (AvgIpc) is 3.28. The lowest BCUT2D eigenvalue weighted by Crippen LogP contribution is -2.40. The van der Waals surface area contributed by atoms with E-state index in [4.69, 9.17) is 4.98 Å². The molecule has 4 rings (SSSR count). The summed E-state index contributed by atoms with van der Waals surface area (Å²) in [5, 5.41) is 0.891. The molecule has 4 nitrogen and oxygen atoms in total. The Morgan fingerprint density at radius 1 is 1.19 bits per heavy atom. The Hall–Kier alpha value is -1.46. The normalized spacial score (nSPS) is 22.1. The predicted molar refractivity (Wildman–Crippen MR) is 109 cm³/mol. The highest BCUT2D eigenvalue weighted by Gasteiger charge is 2.30. The van der Waals surface area contributed by atoms with Crippen molar-refractivity contribution in [2.24, 2.45) is 5.92 Å². The smallest absolute Gasteiger partial charge is 0.231 e. The van der Waals surface area contributed by atoms with E-state index in [1.807, 2.05) is 23.1 Å². The van der Waals surface area contributed by atoms with Crippen molar-refractivity contribution in [3.8, 4) is 0 Å². The molecule has 1 saturated carbocycles. The number of aromatic nitrogens is 1. The molecule has 2 fully saturated rings. The lowest BCUT2D eigenvalue weighted by Gasteiger charge is -2.29. The molecule has 1 aromatic heterocycles. The molecule has 2 aromatic rings. The summed E-state index contributed by atoms with van der Waals surface area (Å²) in [4.78, 5) is 22.6. The van der Waals surface area contributed by atoms with Crippen molar-refractivity contribution >= 4 is 32.6 Å². The number of nitrogens with zero attached hydrogens (tertiary/aromatic N) is 3. The van der Waals surface area contributed by atoms with Gasteiger partial charge in [-0.15, -0.1) is 0 Å². The summed E-state index contributed by atoms with van der Waals surface area (Å²) in [5.41, 5.74) is 1.01. The summed E-state index contributed by atoms with van der Waals surface area (Å²) in [6.07, 6.45) is 9.32. The van der Waals surface area contributed by atoms with Gasteiger partial charge in [0.05, 0.1) is 10.2 Å². The van der Waals surface area contributed by atoms with Gasteiger partial charge < -0.3 is 4.90 Å². The zero-order valence-electron chi connectivity index (χ0n) is 15.7. The van der Waals surface area contributed by atoms with E-state index in [2.05, 4.69) is 18.0 Å². The Balaban J connectivity index is 1.56. The number of hydrogen-bond acceptors (Lipinski definition) is 4. The number of rotatable bonds is 5. The summed E-state index contributed by atoms with van der Waals surface area (Å²) in [6.45, 7) is 1.98. The van der Waals surface area contributed by atoms with Crippen molar-refractivity contribution in [2.45, 2.75) is 57.4 Å². The Labute approximate surface area is 160 Å². The molecule has 0 spiro atoms. The van der Waals surface area contributed by atoms with Gasteiger partial charge in [0.1, 0.15) is 0 Å². The highest BCUT2D eigenvalue weighted by molar-refractivity contribution is 7.22. The summed E-state index contributed by atoms with van der Waals surface area (Å²) in [6, 6.07) is 8.82. The zero-order valence-corrected chi connectivity index (χ0v) is 16.5. The van der Waals surface area contributed by atoms with Crippen LogP contribution in [-0.2, 0) is 4.79 Å². The number of amides is 1. The third kappa shape index (κ3) is 3.79. The van der Waals surface area contributed by atoms with Crippen LogP contribution < -0.4 is 4.90 Å². The SMILES string of the molecule is CN1CCCC1CCN(C(=O)C1CCCCC1)c1nc2ccccc2s1. The molecular weight excluding hydrogens is 342 g/mol. The van der Waals surface area contributed by atoms with Crippen molar-refractivity contribution in [1.82, 2.24) is 9.88 Å². The van der Waals surface area contributed by atoms with Gasteiger partial charge in [-0.05, 0) is 57.8 Å². The molecule has 1 unspecified atom stereocenters. The summed E-state index contributed by atoms with van der Waals surface area (Å²) < 4.78 is 1.17. The third-order valence-electron chi connectivity index (χ3n) is 6.09. The number of fused-ring (bicyclic) bond motifs is 1. The van der Waals surface area contributed by atoms with Gasteiger partial charge in [-0.25, -0.2) is 4.98 Å². The average molecular weight is 372 g/mol. The quantitative estimate of drug-likeness (QED) is 0.765. The van der Waals surface area contributed by atoms with Crippen molar-refractivity contribution in [3.05, 3.63) is 24.3 Å². The second kappa shape index (κ2) is 8.05. The van der Waals surface area contributed by atoms with Gasteiger partial charge >= 0.3 is 0 Å². The predicted octanol–water partition coefficient (Wildman–Crippen LogP) is 4.69. The fourth-order valence-corrected chi connectivity index (χ4v) is 5.46. The lowest BCUT2D eigenvalue weighted by atomic mass is 9.88. The number of thiazole rings is 1. The maximum Gasteiger partial charge on any atom is 0.231 e. The first-order valence-electron chi connectivity index (χ1n) is 10.1. The van der Waals surface area contributed by atoms with Crippen molar-refractivity contribution in [3.63, 3.8) is 0 Å². The van der Waals surface area contributed by atoms with Crippen molar-refractivity contribution in [1.29, 1.82) is 0 Å². The molecule has 5 heteroatoms. The monoisotopic (exact) mass is 371 g/mol. The molecule has 140 valence electrons. The maximum absolute atomic E-state index is 13.3. The van der Waals surface area contributed by atoms with Gasteiger partial charge in [0.2, 0.25) is 5.91 Å². The van der Waals surface area contributed by atoms with E-state index < -0.39 is 0 Å². The third-order valence-corrected chi connectivity index (χ3v) is 7.15. The van der Waals surface area contributed by atoms with Gasteiger partial charge in [-0.3, -0.25) is 9.69 Å². The summed E-state index contributed by atoms with van der Waals surface area (Å²) in [5.74, 6) is 0.501. The Kier molecular flexibility index (Phi) is 5.55. The minimum atomic E-state index is 0.192. The molecule has 1 aliphatic heterocycles. The van der Waals surface area contributed by atoms with Crippen LogP contribution in [0.15, 0.2) is 24.3 Å². The molecule has 2 heterocycles. The first-order chi connectivity index (χ1) is 12.7. The van der Waals surface area contributed by atoms with Crippen LogP contribution in [-0.4, -0.2) is 42.0 Å². The molecule has 2 aliphatic rings. The molecule has 26 heavy (non-hydrogen) atoms. The van der Waals surface area contributed by atoms with E-state index in [0.717, 1.165) is 36.5 Å². The van der Waals surface area contributed by atoms with Crippen LogP contribution >= 0.6 is 11.3 Å². The molecule has 0 N–H and O–H groups in total. The number of carbonyl (C=O) groups excluding carboxylic acids is 1. The zero-order chi connectivity index (χ0) is 17.9. The maximum atomic E-state index is 13.3. The summed E-state index contributed by atoms with van der Waals surface area (Å²) >= 11 is 1.66. The van der Waals surface area contributed by atoms with E-state index in [0.29, 0.717) is 11.9 Å². The molecule has 0 radical (unpaired) electrons. The van der Waals surface area contributed by atoms with Gasteiger partial charge in [0, 0.05) is 18.5 Å². The minimum absolute atomic E-state index is 0.192. The van der Waals surface area contributed by atoms with Crippen molar-refractivity contribution < 1.29 is 4.79 Å². The minimum Gasteiger partial charge on any atom is -0.303 e. The number of para-hydroxylation sites is 1. The van der Waals surface area contributed by atoms with Crippen LogP contribution in [0.4, 0.5) is 5.13 Å². The Bertz CT molecular complexity index is 720. The van der Waals surface area contributed by atoms with Gasteiger partial charge in [-0.1, -0.05) is 42.7 Å². The fourth-order valence-electron chi connectivity index (χ4n) is 4.47. The van der Waals surface area contributed by atoms with E-state index >= 15 is 0 Å². The van der Waals surface area contributed by atoms with Crippen LogP contribution in [0, 0.1) is 5.92 Å². The van der Waals surface area contributed by atoms with E-state index in [-0.39, 0.29) is 5.92 Å². The van der Waals surface area contributed by atoms with Crippen LogP contribution in [0.5, 0.6) is 0 Å². The number of benzene rings is 1. The molecule has 1 aliphatic carbocycles. The van der Waals surface area contributed by atoms with Crippen LogP contribution in [0.25, 0.3) is 10.2 Å². The first-order valence-corrected chi connectivity index (χ1v) is 10.9. The first kappa shape index (κ1) is 17.9.